The van der Waals surface area contributed by atoms with Crippen molar-refractivity contribution in [1.82, 2.24) is 5.32 Å². The smallest absolute Gasteiger partial charge is 0.0781 e. The Bertz CT molecular complexity index is 75.3. The van der Waals surface area contributed by atoms with E-state index in [1.54, 1.807) is 13.4 Å². The molecule has 0 amide bonds. The van der Waals surface area contributed by atoms with Crippen LogP contribution in [0.3, 0.4) is 0 Å². The summed E-state index contributed by atoms with van der Waals surface area (Å²) in [5, 5.41) is 2.84. The van der Waals surface area contributed by atoms with E-state index in [1.165, 1.54) is 0 Å². The number of hydrogen-bond acceptors (Lipinski definition) is 2. The van der Waals surface area contributed by atoms with Gasteiger partial charge in [-0.05, 0) is 20.0 Å². The summed E-state index contributed by atoms with van der Waals surface area (Å²) in [6, 6.07) is 0. The first-order valence-electron chi connectivity index (χ1n) is 3.25. The molecule has 0 atom stereocenters. The Kier molecular flexibility index (Phi) is 18.6. The minimum absolute atomic E-state index is 1.62. The highest BCUT2D eigenvalue weighted by Crippen LogP contribution is 1.64. The van der Waals surface area contributed by atoms with Crippen LogP contribution in [0.5, 0.6) is 0 Å². The molecule has 0 saturated carbocycles. The van der Waals surface area contributed by atoms with E-state index in [4.69, 9.17) is 0 Å². The molecule has 0 aromatic rings. The van der Waals surface area contributed by atoms with Gasteiger partial charge in [0.1, 0.15) is 0 Å². The highest BCUT2D eigenvalue weighted by atomic mass is 16.5. The highest BCUT2D eigenvalue weighted by Gasteiger charge is 1.47. The molecule has 1 N–H and O–H groups in total. The monoisotopic (exact) mass is 143 g/mol. The lowest BCUT2D eigenvalue weighted by molar-refractivity contribution is 0.337. The van der Waals surface area contributed by atoms with Crippen molar-refractivity contribution in [2.24, 2.45) is 0 Å². The maximum atomic E-state index is 4.51. The molecule has 0 unspecified atom stereocenters. The quantitative estimate of drug-likeness (QED) is 0.596. The van der Waals surface area contributed by atoms with Gasteiger partial charge in [-0.15, -0.1) is 0 Å². The SMILES string of the molecule is CC=CNC.CC=COC. The molecule has 60 valence electrons. The van der Waals surface area contributed by atoms with Crippen molar-refractivity contribution < 1.29 is 4.74 Å². The number of nitrogens with one attached hydrogen (secondary N) is 1. The second-order valence-electron chi connectivity index (χ2n) is 1.49. The molecule has 10 heavy (non-hydrogen) atoms. The molecule has 2 heteroatoms. The Hall–Kier alpha value is -0.920. The van der Waals surface area contributed by atoms with Crippen molar-refractivity contribution in [2.45, 2.75) is 13.8 Å². The van der Waals surface area contributed by atoms with E-state index in [9.17, 15) is 0 Å². The average molecular weight is 143 g/mol. The van der Waals surface area contributed by atoms with Gasteiger partial charge < -0.3 is 10.1 Å². The Morgan fingerprint density at radius 1 is 1.20 bits per heavy atom. The van der Waals surface area contributed by atoms with Crippen LogP contribution in [0.25, 0.3) is 0 Å². The molecular formula is C8H17NO. The molecule has 0 heterocycles. The minimum Gasteiger partial charge on any atom is -0.505 e. The maximum Gasteiger partial charge on any atom is 0.0781 e. The molecule has 0 rings (SSSR count). The number of ether oxygens (including phenoxy) is 1. The molecule has 0 aromatic heterocycles. The average Bonchev–Trinajstić information content (AvgIpc) is 1.93. The van der Waals surface area contributed by atoms with Crippen molar-refractivity contribution in [3.8, 4) is 0 Å². The summed E-state index contributed by atoms with van der Waals surface area (Å²) >= 11 is 0. The third-order valence-electron chi connectivity index (χ3n) is 0.605. The second kappa shape index (κ2) is 15.7. The zero-order chi connectivity index (χ0) is 8.24. The molecule has 0 radical (unpaired) electrons. The largest absolute Gasteiger partial charge is 0.505 e. The van der Waals surface area contributed by atoms with Crippen molar-refractivity contribution in [2.75, 3.05) is 14.2 Å². The van der Waals surface area contributed by atoms with Crippen LogP contribution in [0, 0.1) is 0 Å². The number of rotatable bonds is 2. The van der Waals surface area contributed by atoms with Gasteiger partial charge in [0.05, 0.1) is 13.4 Å². The summed E-state index contributed by atoms with van der Waals surface area (Å²) in [7, 11) is 3.50. The lowest BCUT2D eigenvalue weighted by atomic mass is 10.7. The van der Waals surface area contributed by atoms with Crippen LogP contribution in [0.2, 0.25) is 0 Å². The molecule has 0 saturated heterocycles. The fraction of sp³-hybridized carbons (Fsp3) is 0.500. The van der Waals surface area contributed by atoms with Crippen molar-refractivity contribution in [3.63, 3.8) is 0 Å². The van der Waals surface area contributed by atoms with E-state index in [0.717, 1.165) is 0 Å². The zero-order valence-corrected chi connectivity index (χ0v) is 7.22. The van der Waals surface area contributed by atoms with Gasteiger partial charge in [0.25, 0.3) is 0 Å². The molecule has 0 bridgehead atoms. The van der Waals surface area contributed by atoms with Crippen LogP contribution in [0.1, 0.15) is 13.8 Å². The maximum absolute atomic E-state index is 4.51. The van der Waals surface area contributed by atoms with E-state index < -0.39 is 0 Å². The van der Waals surface area contributed by atoms with Gasteiger partial charge in [-0.25, -0.2) is 0 Å². The highest BCUT2D eigenvalue weighted by molar-refractivity contribution is 4.70. The first-order chi connectivity index (χ1) is 4.83. The van der Waals surface area contributed by atoms with Crippen molar-refractivity contribution >= 4 is 0 Å². The molecule has 0 aliphatic carbocycles. The Balaban J connectivity index is 0. The van der Waals surface area contributed by atoms with Crippen LogP contribution >= 0.6 is 0 Å². The van der Waals surface area contributed by atoms with Gasteiger partial charge in [0.2, 0.25) is 0 Å². The predicted molar refractivity (Wildman–Crippen MR) is 45.7 cm³/mol. The standard InChI is InChI=1S/C4H9N.C4H8O/c2*1-3-4-5-2/h3-5H,1-2H3;3-4H,1-2H3. The van der Waals surface area contributed by atoms with Gasteiger partial charge >= 0.3 is 0 Å². The fourth-order valence-corrected chi connectivity index (χ4v) is 0.303. The molecule has 2 nitrogen and oxygen atoms in total. The van der Waals surface area contributed by atoms with Crippen molar-refractivity contribution in [1.29, 1.82) is 0 Å². The Morgan fingerprint density at radius 3 is 1.80 bits per heavy atom. The van der Waals surface area contributed by atoms with Crippen molar-refractivity contribution in [3.05, 3.63) is 24.6 Å². The van der Waals surface area contributed by atoms with Gasteiger partial charge in [-0.3, -0.25) is 0 Å². The minimum atomic E-state index is 1.62. The van der Waals surface area contributed by atoms with Crippen LogP contribution in [-0.2, 0) is 4.74 Å². The van der Waals surface area contributed by atoms with Gasteiger partial charge in [-0.2, -0.15) is 0 Å². The number of hydrogen-bond donors (Lipinski definition) is 1. The third-order valence-corrected chi connectivity index (χ3v) is 0.605. The molecule has 0 aliphatic heterocycles. The number of methoxy groups -OCH3 is 1. The topological polar surface area (TPSA) is 21.3 Å². The summed E-state index contributed by atoms with van der Waals surface area (Å²) in [5.74, 6) is 0. The third kappa shape index (κ3) is 27.6. The molecule has 0 aromatic carbocycles. The van der Waals surface area contributed by atoms with E-state index in [1.807, 2.05) is 39.2 Å². The molecule has 0 fully saturated rings. The Morgan fingerprint density at radius 2 is 1.80 bits per heavy atom. The summed E-state index contributed by atoms with van der Waals surface area (Å²) in [6.45, 7) is 3.88. The van der Waals surface area contributed by atoms with E-state index >= 15 is 0 Å². The lowest BCUT2D eigenvalue weighted by Crippen LogP contribution is -1.89. The second-order valence-corrected chi connectivity index (χ2v) is 1.49. The zero-order valence-electron chi connectivity index (χ0n) is 7.22. The van der Waals surface area contributed by atoms with Gasteiger partial charge in [0.15, 0.2) is 0 Å². The molecule has 0 aliphatic rings. The van der Waals surface area contributed by atoms with E-state index in [-0.39, 0.29) is 0 Å². The normalized spacial score (nSPS) is 9.20. The summed E-state index contributed by atoms with van der Waals surface area (Å²) in [5.41, 5.74) is 0. The number of allylic oxidation sites excluding steroid dienone is 2. The van der Waals surface area contributed by atoms with Crippen LogP contribution < -0.4 is 5.32 Å². The summed E-state index contributed by atoms with van der Waals surface area (Å²) in [4.78, 5) is 0. The van der Waals surface area contributed by atoms with E-state index in [0.29, 0.717) is 0 Å². The van der Waals surface area contributed by atoms with Crippen LogP contribution in [0.15, 0.2) is 24.6 Å². The summed E-state index contributed by atoms with van der Waals surface area (Å²) < 4.78 is 4.51. The van der Waals surface area contributed by atoms with E-state index in [2.05, 4.69) is 10.1 Å². The van der Waals surface area contributed by atoms with Crippen LogP contribution in [-0.4, -0.2) is 14.2 Å². The van der Waals surface area contributed by atoms with Crippen LogP contribution in [0.4, 0.5) is 0 Å². The van der Waals surface area contributed by atoms with Gasteiger partial charge in [0, 0.05) is 7.05 Å². The molecular weight excluding hydrogens is 126 g/mol. The first kappa shape index (κ1) is 11.8. The first-order valence-corrected chi connectivity index (χ1v) is 3.25. The Labute approximate surface area is 63.6 Å². The molecule has 0 spiro atoms. The van der Waals surface area contributed by atoms with Gasteiger partial charge in [-0.1, -0.05) is 12.2 Å². The summed E-state index contributed by atoms with van der Waals surface area (Å²) in [6.07, 6.45) is 7.28. The predicted octanol–water partition coefficient (Wildman–Crippen LogP) is 1.91. The lowest BCUT2D eigenvalue weighted by Gasteiger charge is -1.76. The fourth-order valence-electron chi connectivity index (χ4n) is 0.303.